The van der Waals surface area contributed by atoms with Gasteiger partial charge in [0.1, 0.15) is 12.4 Å². The van der Waals surface area contributed by atoms with Crippen LogP contribution in [0.25, 0.3) is 11.0 Å². The maximum atomic E-state index is 12.7. The maximum absolute atomic E-state index is 12.7. The van der Waals surface area contributed by atoms with Gasteiger partial charge in [-0.25, -0.2) is 4.98 Å². The lowest BCUT2D eigenvalue weighted by Crippen LogP contribution is -2.36. The molecule has 3 rings (SSSR count). The lowest BCUT2D eigenvalue weighted by atomic mass is 10.3. The van der Waals surface area contributed by atoms with Crippen molar-refractivity contribution in [3.63, 3.8) is 0 Å². The van der Waals surface area contributed by atoms with Crippen molar-refractivity contribution in [2.24, 2.45) is 0 Å². The van der Waals surface area contributed by atoms with Crippen molar-refractivity contribution < 1.29 is 4.79 Å². The minimum absolute atomic E-state index is 0.189. The van der Waals surface area contributed by atoms with Crippen molar-refractivity contribution >= 4 is 28.7 Å². The summed E-state index contributed by atoms with van der Waals surface area (Å²) in [5.74, 6) is 1.99. The first-order valence-electron chi connectivity index (χ1n) is 7.71. The Morgan fingerprint density at radius 3 is 3.05 bits per heavy atom. The molecule has 0 radical (unpaired) electrons. The second-order valence-electron chi connectivity index (χ2n) is 5.52. The molecule has 0 atom stereocenters. The average Bonchev–Trinajstić information content (AvgIpc) is 2.72. The number of rotatable bonds is 4. The van der Waals surface area contributed by atoms with Crippen LogP contribution in [-0.2, 0) is 17.1 Å². The molecule has 1 aromatic heterocycles. The Morgan fingerprint density at radius 2 is 2.18 bits per heavy atom. The summed E-state index contributed by atoms with van der Waals surface area (Å²) in [7, 11) is 0. The smallest absolute Gasteiger partial charge is 0.242 e. The third-order valence-electron chi connectivity index (χ3n) is 3.99. The lowest BCUT2D eigenvalue weighted by molar-refractivity contribution is -0.131. The first kappa shape index (κ1) is 15.4. The van der Waals surface area contributed by atoms with Crippen LogP contribution >= 0.6 is 11.8 Å². The van der Waals surface area contributed by atoms with Crippen LogP contribution in [0, 0.1) is 0 Å². The molecule has 1 N–H and O–H groups in total. The number of nitrogens with one attached hydrogen (secondary N) is 1. The van der Waals surface area contributed by atoms with Gasteiger partial charge in [0.25, 0.3) is 0 Å². The Balaban J connectivity index is 1.85. The molecule has 1 saturated heterocycles. The summed E-state index contributed by atoms with van der Waals surface area (Å²) in [4.78, 5) is 19.3. The van der Waals surface area contributed by atoms with Gasteiger partial charge in [0.2, 0.25) is 5.91 Å². The number of carbonyl (C=O) groups excluding carboxylic acids is 1. The summed E-state index contributed by atoms with van der Waals surface area (Å²) >= 11 is 1.73. The van der Waals surface area contributed by atoms with Crippen LogP contribution in [0.15, 0.2) is 24.3 Å². The van der Waals surface area contributed by atoms with Crippen LogP contribution in [0.3, 0.4) is 0 Å². The van der Waals surface area contributed by atoms with Crippen molar-refractivity contribution in [2.75, 3.05) is 32.4 Å². The largest absolute Gasteiger partial charge is 0.340 e. The van der Waals surface area contributed by atoms with Gasteiger partial charge < -0.3 is 14.8 Å². The zero-order chi connectivity index (χ0) is 15.4. The standard InChI is InChI=1S/C16H22N4OS/c1-22-12-15-18-13-5-2-3-6-14(13)20(15)11-16(21)19-9-4-7-17-8-10-19/h2-3,5-6,17H,4,7-12H2,1H3. The normalized spacial score (nSPS) is 16.0. The highest BCUT2D eigenvalue weighted by Crippen LogP contribution is 2.19. The van der Waals surface area contributed by atoms with Crippen molar-refractivity contribution in [2.45, 2.75) is 18.7 Å². The molecule has 22 heavy (non-hydrogen) atoms. The molecule has 1 aliphatic heterocycles. The van der Waals surface area contributed by atoms with Gasteiger partial charge in [-0.3, -0.25) is 4.79 Å². The summed E-state index contributed by atoms with van der Waals surface area (Å²) in [6, 6.07) is 8.05. The van der Waals surface area contributed by atoms with E-state index in [1.165, 1.54) is 0 Å². The van der Waals surface area contributed by atoms with Crippen LogP contribution in [-0.4, -0.2) is 52.8 Å². The molecule has 1 aliphatic rings. The molecule has 0 spiro atoms. The Kier molecular flexibility index (Phi) is 5.00. The van der Waals surface area contributed by atoms with Crippen LogP contribution < -0.4 is 5.32 Å². The molecule has 2 heterocycles. The van der Waals surface area contributed by atoms with E-state index in [0.29, 0.717) is 6.54 Å². The van der Waals surface area contributed by atoms with Gasteiger partial charge >= 0.3 is 0 Å². The number of carbonyl (C=O) groups is 1. The van der Waals surface area contributed by atoms with E-state index in [2.05, 4.69) is 21.1 Å². The fraction of sp³-hybridized carbons (Fsp3) is 0.500. The Hall–Kier alpha value is -1.53. The molecule has 1 amide bonds. The van der Waals surface area contributed by atoms with Crippen LogP contribution in [0.1, 0.15) is 12.2 Å². The van der Waals surface area contributed by atoms with Gasteiger partial charge in [0.05, 0.1) is 16.8 Å². The van der Waals surface area contributed by atoms with Gasteiger partial charge in [-0.1, -0.05) is 12.1 Å². The summed E-state index contributed by atoms with van der Waals surface area (Å²) in [5, 5.41) is 3.34. The third kappa shape index (κ3) is 3.28. The Labute approximate surface area is 135 Å². The topological polar surface area (TPSA) is 50.2 Å². The second kappa shape index (κ2) is 7.15. The molecule has 118 valence electrons. The van der Waals surface area contributed by atoms with Gasteiger partial charge in [0, 0.05) is 19.6 Å². The molecule has 2 aromatic rings. The highest BCUT2D eigenvalue weighted by Gasteiger charge is 2.18. The lowest BCUT2D eigenvalue weighted by Gasteiger charge is -2.21. The number of benzene rings is 1. The summed E-state index contributed by atoms with van der Waals surface area (Å²) < 4.78 is 2.08. The van der Waals surface area contributed by atoms with E-state index >= 15 is 0 Å². The van der Waals surface area contributed by atoms with Gasteiger partial charge in [0.15, 0.2) is 0 Å². The minimum atomic E-state index is 0.189. The van der Waals surface area contributed by atoms with Crippen LogP contribution in [0.4, 0.5) is 0 Å². The van der Waals surface area contributed by atoms with Crippen molar-refractivity contribution in [1.29, 1.82) is 0 Å². The molecule has 0 saturated carbocycles. The molecular weight excluding hydrogens is 296 g/mol. The van der Waals surface area contributed by atoms with E-state index in [0.717, 1.165) is 55.2 Å². The van der Waals surface area contributed by atoms with Gasteiger partial charge in [-0.15, -0.1) is 0 Å². The quantitative estimate of drug-likeness (QED) is 0.932. The predicted octanol–water partition coefficient (Wildman–Crippen LogP) is 1.72. The minimum Gasteiger partial charge on any atom is -0.340 e. The number of aromatic nitrogens is 2. The number of fused-ring (bicyclic) bond motifs is 1. The van der Waals surface area contributed by atoms with Gasteiger partial charge in [-0.2, -0.15) is 11.8 Å². The Morgan fingerprint density at radius 1 is 1.32 bits per heavy atom. The summed E-state index contributed by atoms with van der Waals surface area (Å²) in [6.07, 6.45) is 3.08. The molecule has 1 fully saturated rings. The highest BCUT2D eigenvalue weighted by molar-refractivity contribution is 7.97. The number of para-hydroxylation sites is 2. The third-order valence-corrected chi connectivity index (χ3v) is 4.54. The van der Waals surface area contributed by atoms with Crippen LogP contribution in [0.5, 0.6) is 0 Å². The number of nitrogens with zero attached hydrogens (tertiary/aromatic N) is 3. The first-order chi connectivity index (χ1) is 10.8. The number of amides is 1. The van der Waals surface area contributed by atoms with Crippen LogP contribution in [0.2, 0.25) is 0 Å². The number of hydrogen-bond acceptors (Lipinski definition) is 4. The first-order valence-corrected chi connectivity index (χ1v) is 9.10. The SMILES string of the molecule is CSCc1nc2ccccc2n1CC(=O)N1CCCNCC1. The molecule has 6 heteroatoms. The average molecular weight is 318 g/mol. The van der Waals surface area contributed by atoms with E-state index in [-0.39, 0.29) is 5.91 Å². The van der Waals surface area contributed by atoms with Crippen molar-refractivity contribution in [3.05, 3.63) is 30.1 Å². The fourth-order valence-electron chi connectivity index (χ4n) is 2.87. The van der Waals surface area contributed by atoms with Crippen molar-refractivity contribution in [3.8, 4) is 0 Å². The second-order valence-corrected chi connectivity index (χ2v) is 6.39. The zero-order valence-electron chi connectivity index (χ0n) is 12.9. The fourth-order valence-corrected chi connectivity index (χ4v) is 3.35. The highest BCUT2D eigenvalue weighted by atomic mass is 32.2. The maximum Gasteiger partial charge on any atom is 0.242 e. The molecule has 0 bridgehead atoms. The van der Waals surface area contributed by atoms with Gasteiger partial charge in [-0.05, 0) is 31.4 Å². The predicted molar refractivity (Wildman–Crippen MR) is 91.0 cm³/mol. The summed E-state index contributed by atoms with van der Waals surface area (Å²) in [6.45, 7) is 3.90. The van der Waals surface area contributed by atoms with E-state index in [1.807, 2.05) is 29.2 Å². The van der Waals surface area contributed by atoms with E-state index < -0.39 is 0 Å². The number of thioether (sulfide) groups is 1. The molecular formula is C16H22N4OS. The molecule has 5 nitrogen and oxygen atoms in total. The Bertz CT molecular complexity index is 647. The van der Waals surface area contributed by atoms with Crippen molar-refractivity contribution in [1.82, 2.24) is 19.8 Å². The summed E-state index contributed by atoms with van der Waals surface area (Å²) in [5.41, 5.74) is 2.02. The van der Waals surface area contributed by atoms with E-state index in [9.17, 15) is 4.79 Å². The van der Waals surface area contributed by atoms with E-state index in [1.54, 1.807) is 11.8 Å². The molecule has 1 aromatic carbocycles. The zero-order valence-corrected chi connectivity index (χ0v) is 13.7. The molecule has 0 aliphatic carbocycles. The number of hydrogen-bond donors (Lipinski definition) is 1. The van der Waals surface area contributed by atoms with E-state index in [4.69, 9.17) is 0 Å². The molecule has 0 unspecified atom stereocenters. The monoisotopic (exact) mass is 318 g/mol. The number of imidazole rings is 1.